The zero-order valence-corrected chi connectivity index (χ0v) is 15.4. The Hall–Kier alpha value is -2.44. The van der Waals surface area contributed by atoms with Crippen LogP contribution in [0.1, 0.15) is 45.2 Å². The number of carbonyl (C=O) groups is 2. The molecule has 0 saturated heterocycles. The van der Waals surface area contributed by atoms with Crippen LogP contribution < -0.4 is 10.1 Å². The fraction of sp³-hybridized carbons (Fsp3) is 0.556. The lowest BCUT2D eigenvalue weighted by molar-refractivity contribution is 0.0635. The highest BCUT2D eigenvalue weighted by Gasteiger charge is 2.26. The summed E-state index contributed by atoms with van der Waals surface area (Å²) in [7, 11) is 0. The average molecular weight is 350 g/mol. The van der Waals surface area contributed by atoms with Crippen molar-refractivity contribution in [1.29, 1.82) is 0 Å². The van der Waals surface area contributed by atoms with Gasteiger partial charge >= 0.3 is 12.2 Å². The van der Waals surface area contributed by atoms with Gasteiger partial charge in [0, 0.05) is 11.6 Å². The van der Waals surface area contributed by atoms with Gasteiger partial charge in [0.2, 0.25) is 0 Å². The molecule has 0 spiro atoms. The molecule has 0 fully saturated rings. The van der Waals surface area contributed by atoms with E-state index in [0.29, 0.717) is 24.4 Å². The summed E-state index contributed by atoms with van der Waals surface area (Å²) in [6.07, 6.45) is -1.05. The van der Waals surface area contributed by atoms with Gasteiger partial charge in [0.05, 0.1) is 18.8 Å². The lowest BCUT2D eigenvalue weighted by atomic mass is 10.1. The molecule has 1 aromatic carbocycles. The first-order chi connectivity index (χ1) is 11.6. The minimum Gasteiger partial charge on any atom is -0.488 e. The molecule has 0 radical (unpaired) electrons. The molecule has 2 rings (SSSR count). The Labute approximate surface area is 147 Å². The second kappa shape index (κ2) is 7.21. The summed E-state index contributed by atoms with van der Waals surface area (Å²) in [5.41, 5.74) is 1.60. The number of fused-ring (bicyclic) bond motifs is 1. The summed E-state index contributed by atoms with van der Waals surface area (Å²) in [4.78, 5) is 24.8. The van der Waals surface area contributed by atoms with E-state index in [2.05, 4.69) is 5.32 Å². The van der Waals surface area contributed by atoms with Crippen LogP contribution in [0.25, 0.3) is 0 Å². The number of nitrogens with zero attached hydrogens (tertiary/aromatic N) is 1. The van der Waals surface area contributed by atoms with Gasteiger partial charge in [-0.2, -0.15) is 0 Å². The van der Waals surface area contributed by atoms with Gasteiger partial charge in [0.15, 0.2) is 0 Å². The smallest absolute Gasteiger partial charge is 0.412 e. The molecule has 7 nitrogen and oxygen atoms in total. The van der Waals surface area contributed by atoms with E-state index in [-0.39, 0.29) is 12.6 Å². The number of carbonyl (C=O) groups excluding carboxylic acids is 1. The number of amides is 2. The van der Waals surface area contributed by atoms with Crippen molar-refractivity contribution in [1.82, 2.24) is 4.90 Å². The van der Waals surface area contributed by atoms with Gasteiger partial charge < -0.3 is 19.5 Å². The van der Waals surface area contributed by atoms with Gasteiger partial charge in [-0.25, -0.2) is 9.59 Å². The van der Waals surface area contributed by atoms with Crippen LogP contribution in [-0.2, 0) is 11.3 Å². The van der Waals surface area contributed by atoms with E-state index in [9.17, 15) is 14.7 Å². The number of benzene rings is 1. The molecule has 0 saturated carbocycles. The van der Waals surface area contributed by atoms with Crippen LogP contribution in [0.15, 0.2) is 12.1 Å². The number of hydrogen-bond donors (Lipinski definition) is 2. The van der Waals surface area contributed by atoms with Crippen LogP contribution in [0.2, 0.25) is 0 Å². The highest BCUT2D eigenvalue weighted by atomic mass is 16.6. The molecule has 1 atom stereocenters. The predicted octanol–water partition coefficient (Wildman–Crippen LogP) is 3.99. The van der Waals surface area contributed by atoms with E-state index in [4.69, 9.17) is 9.47 Å². The van der Waals surface area contributed by atoms with Crippen molar-refractivity contribution in [3.8, 4) is 5.75 Å². The number of aryl methyl sites for hydroxylation is 1. The van der Waals surface area contributed by atoms with Crippen molar-refractivity contribution >= 4 is 17.9 Å². The fourth-order valence-electron chi connectivity index (χ4n) is 2.62. The Kier molecular flexibility index (Phi) is 5.45. The van der Waals surface area contributed by atoms with Crippen molar-refractivity contribution < 1.29 is 24.2 Å². The van der Waals surface area contributed by atoms with Gasteiger partial charge in [-0.15, -0.1) is 0 Å². The molecule has 1 aliphatic rings. The number of rotatable bonds is 2. The average Bonchev–Trinajstić information content (AvgIpc) is 2.64. The van der Waals surface area contributed by atoms with Gasteiger partial charge in [-0.05, 0) is 45.7 Å². The number of ether oxygens (including phenoxy) is 2. The van der Waals surface area contributed by atoms with Gasteiger partial charge in [0.25, 0.3) is 0 Å². The summed E-state index contributed by atoms with van der Waals surface area (Å²) in [5.74, 6) is 0.590. The van der Waals surface area contributed by atoms with Crippen molar-refractivity contribution in [2.45, 2.75) is 59.3 Å². The Morgan fingerprint density at radius 3 is 2.64 bits per heavy atom. The molecule has 138 valence electrons. The Balaban J connectivity index is 2.28. The summed E-state index contributed by atoms with van der Waals surface area (Å²) in [5, 5.41) is 12.1. The van der Waals surface area contributed by atoms with Gasteiger partial charge in [-0.3, -0.25) is 5.32 Å². The van der Waals surface area contributed by atoms with Crippen molar-refractivity contribution in [2.75, 3.05) is 11.9 Å². The Bertz CT molecular complexity index is 666. The zero-order chi connectivity index (χ0) is 18.8. The van der Waals surface area contributed by atoms with E-state index in [1.54, 1.807) is 26.8 Å². The first-order valence-electron chi connectivity index (χ1n) is 8.37. The second-order valence-electron chi connectivity index (χ2n) is 7.21. The maximum absolute atomic E-state index is 12.0. The van der Waals surface area contributed by atoms with E-state index >= 15 is 0 Å². The molecule has 2 N–H and O–H groups in total. The molecule has 2 amide bonds. The minimum absolute atomic E-state index is 0.227. The third kappa shape index (κ3) is 5.01. The summed E-state index contributed by atoms with van der Waals surface area (Å²) < 4.78 is 11.2. The zero-order valence-electron chi connectivity index (χ0n) is 15.4. The largest absolute Gasteiger partial charge is 0.488 e. The number of anilines is 1. The molecule has 1 heterocycles. The highest BCUT2D eigenvalue weighted by Crippen LogP contribution is 2.32. The van der Waals surface area contributed by atoms with Crippen LogP contribution in [0.3, 0.4) is 0 Å². The number of carboxylic acid groups (broad SMARTS) is 1. The molecule has 0 bridgehead atoms. The van der Waals surface area contributed by atoms with E-state index in [1.165, 1.54) is 4.90 Å². The molecule has 1 aromatic rings. The predicted molar refractivity (Wildman–Crippen MR) is 94.2 cm³/mol. The molecule has 25 heavy (non-hydrogen) atoms. The normalized spacial score (nSPS) is 17.2. The summed E-state index contributed by atoms with van der Waals surface area (Å²) in [6, 6.07) is 3.58. The summed E-state index contributed by atoms with van der Waals surface area (Å²) in [6.45, 7) is 9.76. The number of hydrogen-bond acceptors (Lipinski definition) is 4. The quantitative estimate of drug-likeness (QED) is 0.842. The monoisotopic (exact) mass is 350 g/mol. The SMILES string of the molecule is CC[C@@H]1CN(C(=O)O)Cc2cc(C)c(NC(=O)OC(C)(C)C)cc2O1. The van der Waals surface area contributed by atoms with Crippen LogP contribution in [0.5, 0.6) is 5.75 Å². The van der Waals surface area contributed by atoms with Crippen molar-refractivity contribution in [3.63, 3.8) is 0 Å². The Morgan fingerprint density at radius 1 is 1.40 bits per heavy atom. The molecule has 0 aliphatic carbocycles. The molecular formula is C18H26N2O5. The van der Waals surface area contributed by atoms with E-state index in [0.717, 1.165) is 11.1 Å². The highest BCUT2D eigenvalue weighted by molar-refractivity contribution is 5.86. The summed E-state index contributed by atoms with van der Waals surface area (Å²) >= 11 is 0. The first kappa shape index (κ1) is 18.9. The molecular weight excluding hydrogens is 324 g/mol. The lowest BCUT2D eigenvalue weighted by Crippen LogP contribution is -2.35. The van der Waals surface area contributed by atoms with Crippen molar-refractivity contribution in [2.24, 2.45) is 0 Å². The van der Waals surface area contributed by atoms with Gasteiger partial charge in [-0.1, -0.05) is 6.92 Å². The topological polar surface area (TPSA) is 88.1 Å². The molecule has 7 heteroatoms. The maximum Gasteiger partial charge on any atom is 0.412 e. The van der Waals surface area contributed by atoms with E-state index in [1.807, 2.05) is 19.9 Å². The molecule has 1 aliphatic heterocycles. The number of nitrogens with one attached hydrogen (secondary N) is 1. The minimum atomic E-state index is -0.969. The molecule has 0 unspecified atom stereocenters. The van der Waals surface area contributed by atoms with E-state index < -0.39 is 17.8 Å². The first-order valence-corrected chi connectivity index (χ1v) is 8.37. The van der Waals surface area contributed by atoms with Crippen LogP contribution in [0.4, 0.5) is 15.3 Å². The van der Waals surface area contributed by atoms with Crippen LogP contribution >= 0.6 is 0 Å². The second-order valence-corrected chi connectivity index (χ2v) is 7.21. The third-order valence-corrected chi connectivity index (χ3v) is 3.85. The molecule has 0 aromatic heterocycles. The standard InChI is InChI=1S/C18H26N2O5/c1-6-13-10-20(17(22)23)9-12-7-11(2)14(8-15(12)24-13)19-16(21)25-18(3,4)5/h7-8,13H,6,9-10H2,1-5H3,(H,19,21)(H,22,23)/t13-/m1/s1. The van der Waals surface area contributed by atoms with Gasteiger partial charge in [0.1, 0.15) is 17.5 Å². The van der Waals surface area contributed by atoms with Crippen LogP contribution in [-0.4, -0.2) is 40.4 Å². The third-order valence-electron chi connectivity index (χ3n) is 3.85. The van der Waals surface area contributed by atoms with Crippen LogP contribution in [0, 0.1) is 6.92 Å². The maximum atomic E-state index is 12.0. The Morgan fingerprint density at radius 2 is 2.08 bits per heavy atom. The fourth-order valence-corrected chi connectivity index (χ4v) is 2.62. The van der Waals surface area contributed by atoms with Crippen molar-refractivity contribution in [3.05, 3.63) is 23.3 Å². The lowest BCUT2D eigenvalue weighted by Gasteiger charge is -2.21.